The van der Waals surface area contributed by atoms with Gasteiger partial charge >= 0.3 is 0 Å². The number of nitro groups is 1. The van der Waals surface area contributed by atoms with Crippen molar-refractivity contribution >= 4 is 51.1 Å². The fraction of sp³-hybridized carbons (Fsp3) is 0.300. The highest BCUT2D eigenvalue weighted by atomic mass is 79.9. The zero-order chi connectivity index (χ0) is 20.8. The maximum atomic E-state index is 13.0. The smallest absolute Gasteiger partial charge is 0.270 e. The Bertz CT molecular complexity index is 954. The first-order valence-corrected chi connectivity index (χ1v) is 9.96. The average molecular weight is 496 g/mol. The van der Waals surface area contributed by atoms with Gasteiger partial charge < -0.3 is 14.4 Å². The van der Waals surface area contributed by atoms with E-state index in [1.807, 2.05) is 0 Å². The Morgan fingerprint density at radius 1 is 1.23 bits per heavy atom. The number of ketones is 1. The van der Waals surface area contributed by atoms with Crippen molar-refractivity contribution in [3.05, 3.63) is 58.1 Å². The molecule has 1 heterocycles. The summed E-state index contributed by atoms with van der Waals surface area (Å²) in [5.74, 6) is 1.83. The predicted molar refractivity (Wildman–Crippen MR) is 124 cm³/mol. The fourth-order valence-corrected chi connectivity index (χ4v) is 3.86. The van der Waals surface area contributed by atoms with Crippen LogP contribution >= 0.6 is 28.7 Å². The van der Waals surface area contributed by atoms with Gasteiger partial charge in [-0.3, -0.25) is 19.9 Å². The van der Waals surface area contributed by atoms with E-state index in [-0.39, 0.29) is 40.6 Å². The maximum absolute atomic E-state index is 13.0. The number of amidine groups is 1. The molecule has 0 aliphatic carbocycles. The van der Waals surface area contributed by atoms with Gasteiger partial charge in [0.15, 0.2) is 11.0 Å². The molecule has 8 nitrogen and oxygen atoms in total. The number of carbonyl (C=O) groups is 1. The second-order valence-electron chi connectivity index (χ2n) is 6.22. The molecule has 0 atom stereocenters. The molecular formula is C20H22BrN3O5S. The van der Waals surface area contributed by atoms with Gasteiger partial charge in [0.1, 0.15) is 11.5 Å². The van der Waals surface area contributed by atoms with Gasteiger partial charge in [-0.1, -0.05) is 23.9 Å². The van der Waals surface area contributed by atoms with E-state index < -0.39 is 4.92 Å². The van der Waals surface area contributed by atoms with E-state index >= 15 is 0 Å². The Morgan fingerprint density at radius 2 is 2.03 bits per heavy atom. The van der Waals surface area contributed by atoms with E-state index in [1.54, 1.807) is 55.1 Å². The molecule has 30 heavy (non-hydrogen) atoms. The van der Waals surface area contributed by atoms with E-state index in [4.69, 9.17) is 9.47 Å². The van der Waals surface area contributed by atoms with E-state index in [2.05, 4.69) is 4.99 Å². The third-order valence-electron chi connectivity index (χ3n) is 4.37. The van der Waals surface area contributed by atoms with Gasteiger partial charge in [-0.15, -0.1) is 17.0 Å². The normalized spacial score (nSPS) is 12.9. The van der Waals surface area contributed by atoms with Crippen molar-refractivity contribution in [1.82, 2.24) is 0 Å². The van der Waals surface area contributed by atoms with Crippen molar-refractivity contribution in [2.75, 3.05) is 38.0 Å². The first-order chi connectivity index (χ1) is 14.0. The lowest BCUT2D eigenvalue weighted by Crippen LogP contribution is -2.36. The summed E-state index contributed by atoms with van der Waals surface area (Å²) in [5, 5.41) is 11.8. The number of benzene rings is 2. The molecule has 0 spiro atoms. The summed E-state index contributed by atoms with van der Waals surface area (Å²) in [5.41, 5.74) is 0.803. The number of thioether (sulfide) groups is 1. The predicted octanol–water partition coefficient (Wildman–Crippen LogP) is 4.37. The maximum Gasteiger partial charge on any atom is 0.270 e. The molecule has 0 saturated heterocycles. The van der Waals surface area contributed by atoms with E-state index in [0.29, 0.717) is 28.9 Å². The quantitative estimate of drug-likeness (QED) is 0.319. The molecule has 2 aromatic carbocycles. The van der Waals surface area contributed by atoms with Crippen LogP contribution in [-0.2, 0) is 0 Å². The summed E-state index contributed by atoms with van der Waals surface area (Å²) >= 11 is 1.56. The molecular weight excluding hydrogens is 474 g/mol. The van der Waals surface area contributed by atoms with Crippen molar-refractivity contribution in [2.24, 2.45) is 4.99 Å². The lowest BCUT2D eigenvalue weighted by Gasteiger charge is -2.28. The molecule has 0 aromatic heterocycles. The lowest BCUT2D eigenvalue weighted by molar-refractivity contribution is -0.384. The largest absolute Gasteiger partial charge is 0.497 e. The van der Waals surface area contributed by atoms with Gasteiger partial charge in [0.2, 0.25) is 0 Å². The molecule has 0 N–H and O–H groups in total. The van der Waals surface area contributed by atoms with Crippen molar-refractivity contribution < 1.29 is 19.2 Å². The van der Waals surface area contributed by atoms with Gasteiger partial charge in [-0.25, -0.2) is 0 Å². The fourth-order valence-electron chi connectivity index (χ4n) is 2.90. The van der Waals surface area contributed by atoms with E-state index in [0.717, 1.165) is 12.2 Å². The summed E-state index contributed by atoms with van der Waals surface area (Å²) in [6, 6.07) is 11.1. The number of ether oxygens (including phenoxy) is 2. The van der Waals surface area contributed by atoms with Crippen molar-refractivity contribution in [3.63, 3.8) is 0 Å². The van der Waals surface area contributed by atoms with Crippen LogP contribution in [0.1, 0.15) is 16.8 Å². The molecule has 1 aliphatic heterocycles. The van der Waals surface area contributed by atoms with Crippen molar-refractivity contribution in [1.29, 1.82) is 0 Å². The summed E-state index contributed by atoms with van der Waals surface area (Å²) in [6.07, 6.45) is 0.968. The molecule has 2 aromatic rings. The standard InChI is InChI=1S/C20H21N3O5S.BrH/c1-27-16-7-8-19(28-2)17(12-16)22(20-21-9-4-10-29-20)13-18(24)14-5-3-6-15(11-14)23(25)26;/h3,5-8,11-12H,4,9-10,13H2,1-2H3;1H. The number of halogens is 1. The molecule has 0 saturated carbocycles. The van der Waals surface area contributed by atoms with Crippen molar-refractivity contribution in [3.8, 4) is 11.5 Å². The van der Waals surface area contributed by atoms with Crippen LogP contribution in [0.5, 0.6) is 11.5 Å². The lowest BCUT2D eigenvalue weighted by atomic mass is 10.1. The molecule has 0 bridgehead atoms. The van der Waals surface area contributed by atoms with E-state index in [9.17, 15) is 14.9 Å². The zero-order valence-electron chi connectivity index (χ0n) is 16.6. The summed E-state index contributed by atoms with van der Waals surface area (Å²) in [7, 11) is 3.12. The Balaban J connectivity index is 0.00000320. The van der Waals surface area contributed by atoms with Crippen LogP contribution in [-0.4, -0.2) is 48.9 Å². The minimum Gasteiger partial charge on any atom is -0.497 e. The third kappa shape index (κ3) is 5.51. The first-order valence-electron chi connectivity index (χ1n) is 8.98. The molecule has 3 rings (SSSR count). The highest BCUT2D eigenvalue weighted by molar-refractivity contribution is 8.93. The number of methoxy groups -OCH3 is 2. The number of aliphatic imine (C=N–C) groups is 1. The minimum absolute atomic E-state index is 0. The molecule has 10 heteroatoms. The monoisotopic (exact) mass is 495 g/mol. The molecule has 0 fully saturated rings. The Labute approximate surface area is 189 Å². The number of rotatable bonds is 7. The minimum atomic E-state index is -0.513. The second-order valence-corrected chi connectivity index (χ2v) is 7.28. The number of anilines is 1. The number of Topliss-reactive ketones (excluding diaryl/α,β-unsaturated/α-hetero) is 1. The van der Waals surface area contributed by atoms with Gasteiger partial charge in [0, 0.05) is 36.1 Å². The average Bonchev–Trinajstić information content (AvgIpc) is 2.77. The number of hydrogen-bond donors (Lipinski definition) is 0. The number of non-ortho nitro benzene ring substituents is 1. The summed E-state index contributed by atoms with van der Waals surface area (Å²) in [6.45, 7) is 0.645. The highest BCUT2D eigenvalue weighted by Gasteiger charge is 2.24. The Hall–Kier alpha value is -2.59. The van der Waals surface area contributed by atoms with Gasteiger partial charge in [-0.05, 0) is 18.6 Å². The zero-order valence-corrected chi connectivity index (χ0v) is 19.1. The molecule has 0 amide bonds. The van der Waals surface area contributed by atoms with Crippen molar-refractivity contribution in [2.45, 2.75) is 6.42 Å². The van der Waals surface area contributed by atoms with Crippen LogP contribution in [0.3, 0.4) is 0 Å². The summed E-state index contributed by atoms with van der Waals surface area (Å²) < 4.78 is 10.8. The van der Waals surface area contributed by atoms with Crippen LogP contribution in [0.25, 0.3) is 0 Å². The van der Waals surface area contributed by atoms with Gasteiger partial charge in [-0.2, -0.15) is 0 Å². The topological polar surface area (TPSA) is 94.3 Å². The first kappa shape index (κ1) is 23.7. The Kier molecular flexibility index (Phi) is 8.67. The molecule has 0 radical (unpaired) electrons. The molecule has 160 valence electrons. The summed E-state index contributed by atoms with van der Waals surface area (Å²) in [4.78, 5) is 29.9. The second kappa shape index (κ2) is 11.0. The van der Waals surface area contributed by atoms with E-state index in [1.165, 1.54) is 18.2 Å². The number of nitrogens with zero attached hydrogens (tertiary/aromatic N) is 3. The molecule has 0 unspecified atom stereocenters. The van der Waals surface area contributed by atoms with Crippen LogP contribution in [0.4, 0.5) is 11.4 Å². The van der Waals surface area contributed by atoms with Crippen LogP contribution < -0.4 is 14.4 Å². The SMILES string of the molecule is Br.COc1ccc(OC)c(N(CC(=O)c2cccc([N+](=O)[O-])c2)C2=NCCCS2)c1. The van der Waals surface area contributed by atoms with Gasteiger partial charge in [0.25, 0.3) is 5.69 Å². The number of hydrogen-bond acceptors (Lipinski definition) is 8. The number of carbonyl (C=O) groups excluding carboxylic acids is 1. The van der Waals surface area contributed by atoms with Crippen LogP contribution in [0.2, 0.25) is 0 Å². The Morgan fingerprint density at radius 3 is 2.67 bits per heavy atom. The number of nitro benzene ring substituents is 1. The van der Waals surface area contributed by atoms with Crippen LogP contribution in [0.15, 0.2) is 47.5 Å². The molecule has 1 aliphatic rings. The third-order valence-corrected chi connectivity index (χ3v) is 5.47. The van der Waals surface area contributed by atoms with Gasteiger partial charge in [0.05, 0.1) is 31.4 Å². The van der Waals surface area contributed by atoms with Crippen LogP contribution in [0, 0.1) is 10.1 Å². The highest BCUT2D eigenvalue weighted by Crippen LogP contribution is 2.35.